The standard InChI is InChI=1S/C22H21NO4S/c1-25-18-13-15(14-19(26-2)22(18)27-3)10-11-21(24)23-17-8-5-4-7-16(17)20-9-6-12-28-20/h4-14H,1-3H3,(H,23,24)/b11-10+. The Labute approximate surface area is 168 Å². The maximum Gasteiger partial charge on any atom is 0.248 e. The molecule has 1 heterocycles. The fraction of sp³-hybridized carbons (Fsp3) is 0.136. The van der Waals surface area contributed by atoms with Crippen molar-refractivity contribution in [2.24, 2.45) is 0 Å². The van der Waals surface area contributed by atoms with Gasteiger partial charge in [0.2, 0.25) is 11.7 Å². The van der Waals surface area contributed by atoms with E-state index in [2.05, 4.69) is 5.32 Å². The van der Waals surface area contributed by atoms with E-state index in [1.807, 2.05) is 41.8 Å². The summed E-state index contributed by atoms with van der Waals surface area (Å²) in [5.74, 6) is 1.35. The number of methoxy groups -OCH3 is 3. The van der Waals surface area contributed by atoms with E-state index in [-0.39, 0.29) is 5.91 Å². The summed E-state index contributed by atoms with van der Waals surface area (Å²) in [5, 5.41) is 4.95. The largest absolute Gasteiger partial charge is 0.493 e. The Bertz CT molecular complexity index is 955. The van der Waals surface area contributed by atoms with Crippen molar-refractivity contribution >= 4 is 29.0 Å². The quantitative estimate of drug-likeness (QED) is 0.566. The summed E-state index contributed by atoms with van der Waals surface area (Å²) >= 11 is 1.63. The number of nitrogens with one attached hydrogen (secondary N) is 1. The number of ether oxygens (including phenoxy) is 3. The maximum absolute atomic E-state index is 12.5. The molecule has 0 unspecified atom stereocenters. The van der Waals surface area contributed by atoms with Gasteiger partial charge in [-0.2, -0.15) is 0 Å². The SMILES string of the molecule is COc1cc(/C=C/C(=O)Nc2ccccc2-c2cccs2)cc(OC)c1OC. The van der Waals surface area contributed by atoms with Gasteiger partial charge < -0.3 is 19.5 Å². The van der Waals surface area contributed by atoms with Gasteiger partial charge in [0, 0.05) is 22.2 Å². The highest BCUT2D eigenvalue weighted by molar-refractivity contribution is 7.13. The first-order chi connectivity index (χ1) is 13.7. The lowest BCUT2D eigenvalue weighted by molar-refractivity contribution is -0.111. The molecule has 28 heavy (non-hydrogen) atoms. The average Bonchev–Trinajstić information content (AvgIpc) is 3.26. The van der Waals surface area contributed by atoms with Crippen molar-refractivity contribution in [3.05, 3.63) is 65.6 Å². The number of rotatable bonds is 7. The van der Waals surface area contributed by atoms with E-state index < -0.39 is 0 Å². The molecule has 0 saturated heterocycles. The topological polar surface area (TPSA) is 56.8 Å². The second-order valence-electron chi connectivity index (χ2n) is 5.80. The molecule has 3 aromatic rings. The van der Waals surface area contributed by atoms with Gasteiger partial charge in [0.1, 0.15) is 0 Å². The smallest absolute Gasteiger partial charge is 0.248 e. The van der Waals surface area contributed by atoms with E-state index >= 15 is 0 Å². The summed E-state index contributed by atoms with van der Waals surface area (Å²) in [4.78, 5) is 13.6. The molecule has 0 aliphatic heterocycles. The summed E-state index contributed by atoms with van der Waals surface area (Å²) in [7, 11) is 4.66. The molecule has 3 rings (SSSR count). The van der Waals surface area contributed by atoms with Gasteiger partial charge in [0.05, 0.1) is 21.3 Å². The Hall–Kier alpha value is -3.25. The third-order valence-corrected chi connectivity index (χ3v) is 4.99. The van der Waals surface area contributed by atoms with Gasteiger partial charge in [-0.15, -0.1) is 11.3 Å². The number of amides is 1. The Balaban J connectivity index is 1.80. The molecule has 5 nitrogen and oxygen atoms in total. The minimum atomic E-state index is -0.224. The van der Waals surface area contributed by atoms with Gasteiger partial charge in [-0.1, -0.05) is 24.3 Å². The molecule has 0 radical (unpaired) electrons. The molecular weight excluding hydrogens is 374 g/mol. The molecular formula is C22H21NO4S. The third-order valence-electron chi connectivity index (χ3n) is 4.09. The number of benzene rings is 2. The van der Waals surface area contributed by atoms with Crippen molar-refractivity contribution in [2.45, 2.75) is 0 Å². The van der Waals surface area contributed by atoms with Crippen LogP contribution in [0.4, 0.5) is 5.69 Å². The summed E-state index contributed by atoms with van der Waals surface area (Å²) < 4.78 is 16.0. The van der Waals surface area contributed by atoms with Crippen molar-refractivity contribution in [2.75, 3.05) is 26.6 Å². The predicted octanol–water partition coefficient (Wildman–Crippen LogP) is 5.09. The minimum Gasteiger partial charge on any atom is -0.493 e. The van der Waals surface area contributed by atoms with Crippen LogP contribution >= 0.6 is 11.3 Å². The normalized spacial score (nSPS) is 10.7. The number of carbonyl (C=O) groups is 1. The number of para-hydroxylation sites is 1. The Kier molecular flexibility index (Phi) is 6.34. The van der Waals surface area contributed by atoms with E-state index in [1.54, 1.807) is 50.9 Å². The average molecular weight is 395 g/mol. The van der Waals surface area contributed by atoms with Crippen molar-refractivity contribution in [1.82, 2.24) is 0 Å². The lowest BCUT2D eigenvalue weighted by Gasteiger charge is -2.12. The predicted molar refractivity (Wildman–Crippen MR) is 114 cm³/mol. The van der Waals surface area contributed by atoms with Crippen LogP contribution in [0, 0.1) is 0 Å². The van der Waals surface area contributed by atoms with Crippen LogP contribution in [0.1, 0.15) is 5.56 Å². The van der Waals surface area contributed by atoms with E-state index in [9.17, 15) is 4.79 Å². The lowest BCUT2D eigenvalue weighted by atomic mass is 10.1. The first kappa shape index (κ1) is 19.5. The summed E-state index contributed by atoms with van der Waals surface area (Å²) in [6.07, 6.45) is 3.18. The van der Waals surface area contributed by atoms with Crippen molar-refractivity contribution in [3.63, 3.8) is 0 Å². The zero-order valence-corrected chi connectivity index (χ0v) is 16.7. The summed E-state index contributed by atoms with van der Waals surface area (Å²) in [6.45, 7) is 0. The van der Waals surface area contributed by atoms with Gasteiger partial charge in [-0.25, -0.2) is 0 Å². The van der Waals surface area contributed by atoms with Gasteiger partial charge in [-0.05, 0) is 41.3 Å². The van der Waals surface area contributed by atoms with E-state index in [0.717, 1.165) is 21.7 Å². The summed E-state index contributed by atoms with van der Waals surface area (Å²) in [6, 6.07) is 15.3. The number of anilines is 1. The molecule has 0 atom stereocenters. The second-order valence-corrected chi connectivity index (χ2v) is 6.75. The number of hydrogen-bond donors (Lipinski definition) is 1. The molecule has 0 spiro atoms. The van der Waals surface area contributed by atoms with Crippen LogP contribution in [0.3, 0.4) is 0 Å². The Morgan fingerprint density at radius 1 is 0.964 bits per heavy atom. The minimum absolute atomic E-state index is 0.224. The van der Waals surface area contributed by atoms with Crippen LogP contribution in [-0.2, 0) is 4.79 Å². The molecule has 0 aliphatic rings. The van der Waals surface area contributed by atoms with Crippen LogP contribution < -0.4 is 19.5 Å². The van der Waals surface area contributed by atoms with Crippen LogP contribution in [0.25, 0.3) is 16.5 Å². The molecule has 0 aliphatic carbocycles. The first-order valence-corrected chi connectivity index (χ1v) is 9.46. The number of thiophene rings is 1. The van der Waals surface area contributed by atoms with Crippen molar-refractivity contribution in [1.29, 1.82) is 0 Å². The highest BCUT2D eigenvalue weighted by atomic mass is 32.1. The van der Waals surface area contributed by atoms with Gasteiger partial charge in [-0.3, -0.25) is 4.79 Å². The van der Waals surface area contributed by atoms with Crippen molar-refractivity contribution < 1.29 is 19.0 Å². The molecule has 0 fully saturated rings. The molecule has 1 N–H and O–H groups in total. The molecule has 6 heteroatoms. The van der Waals surface area contributed by atoms with E-state index in [1.165, 1.54) is 6.08 Å². The molecule has 1 aromatic heterocycles. The first-order valence-electron chi connectivity index (χ1n) is 8.58. The maximum atomic E-state index is 12.5. The van der Waals surface area contributed by atoms with Gasteiger partial charge >= 0.3 is 0 Å². The van der Waals surface area contributed by atoms with Crippen LogP contribution in [0.15, 0.2) is 60.0 Å². The number of hydrogen-bond acceptors (Lipinski definition) is 5. The van der Waals surface area contributed by atoms with Crippen LogP contribution in [-0.4, -0.2) is 27.2 Å². The Morgan fingerprint density at radius 2 is 1.68 bits per heavy atom. The van der Waals surface area contributed by atoms with Gasteiger partial charge in [0.25, 0.3) is 0 Å². The molecule has 144 valence electrons. The monoisotopic (exact) mass is 395 g/mol. The van der Waals surface area contributed by atoms with Crippen LogP contribution in [0.5, 0.6) is 17.2 Å². The molecule has 0 bridgehead atoms. The van der Waals surface area contributed by atoms with Gasteiger partial charge in [0.15, 0.2) is 11.5 Å². The highest BCUT2D eigenvalue weighted by Gasteiger charge is 2.12. The summed E-state index contributed by atoms with van der Waals surface area (Å²) in [5.41, 5.74) is 2.52. The molecule has 2 aromatic carbocycles. The zero-order valence-electron chi connectivity index (χ0n) is 15.9. The van der Waals surface area contributed by atoms with E-state index in [4.69, 9.17) is 14.2 Å². The number of carbonyl (C=O) groups excluding carboxylic acids is 1. The Morgan fingerprint density at radius 3 is 2.29 bits per heavy atom. The van der Waals surface area contributed by atoms with E-state index in [0.29, 0.717) is 17.2 Å². The molecule has 1 amide bonds. The third kappa shape index (κ3) is 4.35. The van der Waals surface area contributed by atoms with Crippen LogP contribution in [0.2, 0.25) is 0 Å². The van der Waals surface area contributed by atoms with Crippen molar-refractivity contribution in [3.8, 4) is 27.7 Å². The fourth-order valence-electron chi connectivity index (χ4n) is 2.78. The zero-order chi connectivity index (χ0) is 19.9. The second kappa shape index (κ2) is 9.10. The lowest BCUT2D eigenvalue weighted by Crippen LogP contribution is -2.08. The highest BCUT2D eigenvalue weighted by Crippen LogP contribution is 2.38. The molecule has 0 saturated carbocycles. The fourth-order valence-corrected chi connectivity index (χ4v) is 3.55.